The van der Waals surface area contributed by atoms with E-state index >= 15 is 0 Å². The van der Waals surface area contributed by atoms with Crippen molar-refractivity contribution in [3.05, 3.63) is 29.8 Å². The quantitative estimate of drug-likeness (QED) is 0.827. The predicted molar refractivity (Wildman–Crippen MR) is 71.5 cm³/mol. The zero-order chi connectivity index (χ0) is 11.1. The van der Waals surface area contributed by atoms with Gasteiger partial charge in [-0.25, -0.2) is 0 Å². The third-order valence-corrected chi connectivity index (χ3v) is 2.53. The highest BCUT2D eigenvalue weighted by atomic mass is 35.5. The summed E-state index contributed by atoms with van der Waals surface area (Å²) in [6.45, 7) is 8.00. The summed E-state index contributed by atoms with van der Waals surface area (Å²) in [7, 11) is 0. The molecule has 1 N–H and O–H groups in total. The molecule has 0 aliphatic carbocycles. The molecule has 3 heteroatoms. The summed E-state index contributed by atoms with van der Waals surface area (Å²) in [6, 6.07) is 8.76. The van der Waals surface area contributed by atoms with Crippen LogP contribution in [0.5, 0.6) is 5.75 Å². The van der Waals surface area contributed by atoms with Crippen LogP contribution < -0.4 is 10.1 Å². The molecule has 0 saturated carbocycles. The first-order valence-corrected chi connectivity index (χ1v) is 5.72. The van der Waals surface area contributed by atoms with Gasteiger partial charge in [0.05, 0.1) is 6.61 Å². The number of hydrogen-bond donors (Lipinski definition) is 1. The van der Waals surface area contributed by atoms with E-state index in [9.17, 15) is 0 Å². The summed E-state index contributed by atoms with van der Waals surface area (Å²) in [4.78, 5) is 0. The van der Waals surface area contributed by atoms with Gasteiger partial charge in [-0.3, -0.25) is 0 Å². The van der Waals surface area contributed by atoms with E-state index < -0.39 is 0 Å². The Labute approximate surface area is 105 Å². The number of benzene rings is 1. The molecule has 2 nitrogen and oxygen atoms in total. The number of nitrogens with one attached hydrogen (secondary N) is 1. The average Bonchev–Trinajstić information content (AvgIpc) is 2.28. The summed E-state index contributed by atoms with van der Waals surface area (Å²) in [5.74, 6) is 0.996. The summed E-state index contributed by atoms with van der Waals surface area (Å²) >= 11 is 0. The highest BCUT2D eigenvalue weighted by Crippen LogP contribution is 2.17. The molecular weight excluding hydrogens is 222 g/mol. The molecule has 16 heavy (non-hydrogen) atoms. The van der Waals surface area contributed by atoms with E-state index in [2.05, 4.69) is 31.3 Å². The van der Waals surface area contributed by atoms with Crippen LogP contribution in [0.1, 0.15) is 32.8 Å². The van der Waals surface area contributed by atoms with Crippen molar-refractivity contribution in [1.29, 1.82) is 0 Å². The number of hydrogen-bond acceptors (Lipinski definition) is 2. The van der Waals surface area contributed by atoms with Crippen molar-refractivity contribution in [3.63, 3.8) is 0 Å². The SMILES string of the molecule is CCOc1ccccc1CNC(C)CC.Cl. The Bertz CT molecular complexity index is 291. The molecule has 0 heterocycles. The molecule has 92 valence electrons. The molecule has 1 atom stereocenters. The lowest BCUT2D eigenvalue weighted by atomic mass is 10.2. The zero-order valence-corrected chi connectivity index (χ0v) is 11.1. The van der Waals surface area contributed by atoms with E-state index in [1.807, 2.05) is 19.1 Å². The van der Waals surface area contributed by atoms with Crippen molar-refractivity contribution in [2.45, 2.75) is 39.8 Å². The van der Waals surface area contributed by atoms with Crippen LogP contribution in [0.4, 0.5) is 0 Å². The van der Waals surface area contributed by atoms with Gasteiger partial charge in [-0.05, 0) is 26.3 Å². The number of ether oxygens (including phenoxy) is 1. The van der Waals surface area contributed by atoms with Crippen LogP contribution in [0.25, 0.3) is 0 Å². The lowest BCUT2D eigenvalue weighted by Gasteiger charge is -2.14. The lowest BCUT2D eigenvalue weighted by molar-refractivity contribution is 0.334. The molecule has 1 rings (SSSR count). The summed E-state index contributed by atoms with van der Waals surface area (Å²) in [5, 5.41) is 3.47. The van der Waals surface area contributed by atoms with Crippen LogP contribution in [-0.2, 0) is 6.54 Å². The summed E-state index contributed by atoms with van der Waals surface area (Å²) in [5.41, 5.74) is 1.24. The van der Waals surface area contributed by atoms with Gasteiger partial charge in [0.25, 0.3) is 0 Å². The highest BCUT2D eigenvalue weighted by Gasteiger charge is 2.03. The Morgan fingerprint density at radius 2 is 1.94 bits per heavy atom. The van der Waals surface area contributed by atoms with Crippen molar-refractivity contribution in [2.75, 3.05) is 6.61 Å². The van der Waals surface area contributed by atoms with Crippen molar-refractivity contribution in [2.24, 2.45) is 0 Å². The molecule has 0 radical (unpaired) electrons. The lowest BCUT2D eigenvalue weighted by Crippen LogP contribution is -2.24. The van der Waals surface area contributed by atoms with Gasteiger partial charge in [-0.1, -0.05) is 25.1 Å². The minimum Gasteiger partial charge on any atom is -0.494 e. The van der Waals surface area contributed by atoms with Gasteiger partial charge in [0.2, 0.25) is 0 Å². The second-order valence-corrected chi connectivity index (χ2v) is 3.73. The molecule has 0 saturated heterocycles. The normalized spacial score (nSPS) is 11.7. The Morgan fingerprint density at radius 1 is 1.25 bits per heavy atom. The Hall–Kier alpha value is -0.730. The van der Waals surface area contributed by atoms with E-state index in [0.717, 1.165) is 25.3 Å². The van der Waals surface area contributed by atoms with Crippen molar-refractivity contribution < 1.29 is 4.74 Å². The molecule has 1 unspecified atom stereocenters. The summed E-state index contributed by atoms with van der Waals surface area (Å²) in [6.07, 6.45) is 1.15. The van der Waals surface area contributed by atoms with Crippen molar-refractivity contribution in [1.82, 2.24) is 5.32 Å². The van der Waals surface area contributed by atoms with Gasteiger partial charge in [0, 0.05) is 18.2 Å². The molecule has 0 aromatic heterocycles. The minimum absolute atomic E-state index is 0. The van der Waals surface area contributed by atoms with E-state index in [4.69, 9.17) is 4.74 Å². The monoisotopic (exact) mass is 243 g/mol. The van der Waals surface area contributed by atoms with E-state index in [-0.39, 0.29) is 12.4 Å². The van der Waals surface area contributed by atoms with Crippen molar-refractivity contribution >= 4 is 12.4 Å². The number of para-hydroxylation sites is 1. The van der Waals surface area contributed by atoms with Crippen LogP contribution >= 0.6 is 12.4 Å². The van der Waals surface area contributed by atoms with Gasteiger partial charge in [-0.15, -0.1) is 12.4 Å². The zero-order valence-electron chi connectivity index (χ0n) is 10.3. The fourth-order valence-corrected chi connectivity index (χ4v) is 1.37. The molecule has 0 aliphatic heterocycles. The number of rotatable bonds is 6. The largest absolute Gasteiger partial charge is 0.494 e. The third kappa shape index (κ3) is 4.86. The van der Waals surface area contributed by atoms with Crippen LogP contribution in [0, 0.1) is 0 Å². The summed E-state index contributed by atoms with van der Waals surface area (Å²) < 4.78 is 5.56. The predicted octanol–water partition coefficient (Wildman–Crippen LogP) is 3.40. The third-order valence-electron chi connectivity index (χ3n) is 2.53. The van der Waals surface area contributed by atoms with Crippen LogP contribution in [0.2, 0.25) is 0 Å². The average molecular weight is 244 g/mol. The van der Waals surface area contributed by atoms with E-state index in [0.29, 0.717) is 6.04 Å². The molecule has 0 fully saturated rings. The molecule has 1 aromatic rings. The molecular formula is C13H22ClNO. The van der Waals surface area contributed by atoms with Crippen molar-refractivity contribution in [3.8, 4) is 5.75 Å². The molecule has 0 spiro atoms. The standard InChI is InChI=1S/C13H21NO.ClH/c1-4-11(3)14-10-12-8-6-7-9-13(12)15-5-2;/h6-9,11,14H,4-5,10H2,1-3H3;1H. The Morgan fingerprint density at radius 3 is 2.56 bits per heavy atom. The molecule has 1 aromatic carbocycles. The highest BCUT2D eigenvalue weighted by molar-refractivity contribution is 5.85. The van der Waals surface area contributed by atoms with Crippen LogP contribution in [-0.4, -0.2) is 12.6 Å². The number of halogens is 1. The fourth-order valence-electron chi connectivity index (χ4n) is 1.37. The van der Waals surface area contributed by atoms with E-state index in [1.54, 1.807) is 0 Å². The first-order valence-electron chi connectivity index (χ1n) is 5.72. The Balaban J connectivity index is 0.00000225. The van der Waals surface area contributed by atoms with Gasteiger partial charge < -0.3 is 10.1 Å². The molecule has 0 amide bonds. The Kier molecular flexibility index (Phi) is 8.04. The van der Waals surface area contributed by atoms with Gasteiger partial charge in [0.15, 0.2) is 0 Å². The fraction of sp³-hybridized carbons (Fsp3) is 0.538. The van der Waals surface area contributed by atoms with Gasteiger partial charge >= 0.3 is 0 Å². The first-order chi connectivity index (χ1) is 7.27. The molecule has 0 bridgehead atoms. The van der Waals surface area contributed by atoms with Crippen LogP contribution in [0.15, 0.2) is 24.3 Å². The second-order valence-electron chi connectivity index (χ2n) is 3.73. The van der Waals surface area contributed by atoms with Crippen LogP contribution in [0.3, 0.4) is 0 Å². The molecule has 0 aliphatic rings. The maximum Gasteiger partial charge on any atom is 0.123 e. The maximum atomic E-state index is 5.56. The smallest absolute Gasteiger partial charge is 0.123 e. The van der Waals surface area contributed by atoms with Gasteiger partial charge in [0.1, 0.15) is 5.75 Å². The second kappa shape index (κ2) is 8.43. The maximum absolute atomic E-state index is 5.56. The van der Waals surface area contributed by atoms with E-state index in [1.165, 1.54) is 5.56 Å². The topological polar surface area (TPSA) is 21.3 Å². The minimum atomic E-state index is 0. The first kappa shape index (κ1) is 15.3. The van der Waals surface area contributed by atoms with Gasteiger partial charge in [-0.2, -0.15) is 0 Å².